The summed E-state index contributed by atoms with van der Waals surface area (Å²) in [6, 6.07) is 4.52. The highest BCUT2D eigenvalue weighted by Crippen LogP contribution is 2.47. The lowest BCUT2D eigenvalue weighted by Crippen LogP contribution is -2.28. The van der Waals surface area contributed by atoms with Crippen molar-refractivity contribution in [3.05, 3.63) is 40.1 Å². The number of nitrogens with one attached hydrogen (secondary N) is 2. The van der Waals surface area contributed by atoms with Gasteiger partial charge >= 0.3 is 6.18 Å². The Morgan fingerprint density at radius 2 is 2.28 bits per heavy atom. The highest BCUT2D eigenvalue weighted by Gasteiger charge is 2.46. The van der Waals surface area contributed by atoms with Crippen LogP contribution in [0.25, 0.3) is 11.2 Å². The highest BCUT2D eigenvalue weighted by molar-refractivity contribution is 7.13. The van der Waals surface area contributed by atoms with Crippen molar-refractivity contribution in [3.8, 4) is 5.06 Å². The van der Waals surface area contributed by atoms with Crippen molar-refractivity contribution < 1.29 is 22.7 Å². The summed E-state index contributed by atoms with van der Waals surface area (Å²) < 4.78 is 41.5. The number of hydrogen-bond acceptors (Lipinski definition) is 5. The predicted octanol–water partition coefficient (Wildman–Crippen LogP) is 4.59. The summed E-state index contributed by atoms with van der Waals surface area (Å²) in [5, 5.41) is 3.57. The average molecular weight is 445 g/mol. The molecule has 6 nitrogen and oxygen atoms in total. The number of hydrogen-bond donors (Lipinski definition) is 2. The maximum atomic E-state index is 12.5. The van der Waals surface area contributed by atoms with Gasteiger partial charge in [0.1, 0.15) is 5.82 Å². The zero-order valence-electron chi connectivity index (χ0n) is 15.1. The van der Waals surface area contributed by atoms with Crippen LogP contribution in [-0.4, -0.2) is 33.6 Å². The zero-order chi connectivity index (χ0) is 20.8. The number of thiophene rings is 1. The van der Waals surface area contributed by atoms with E-state index in [9.17, 15) is 18.0 Å². The standard InChI is InChI=1S/C18H16ClF3N4O2S/c1-8(13-2-3-14(29-13)28-7-18(20,21)22)24-17(27)11-5-10(11)15-25-12-4-9(19)6-23-16(12)26-15/h2-4,6,8,10-11H,5,7H2,1H3,(H,24,27)(H,23,25,26). The van der Waals surface area contributed by atoms with Crippen LogP contribution in [0.3, 0.4) is 0 Å². The summed E-state index contributed by atoms with van der Waals surface area (Å²) in [5.74, 6) is 0.334. The summed E-state index contributed by atoms with van der Waals surface area (Å²) in [6.07, 6.45) is -2.21. The molecule has 11 heteroatoms. The van der Waals surface area contributed by atoms with Crippen LogP contribution in [0.2, 0.25) is 5.02 Å². The van der Waals surface area contributed by atoms with Gasteiger partial charge in [0.2, 0.25) is 5.91 Å². The first-order valence-electron chi connectivity index (χ1n) is 8.80. The quantitative estimate of drug-likeness (QED) is 0.582. The van der Waals surface area contributed by atoms with Gasteiger partial charge in [0.25, 0.3) is 0 Å². The third-order valence-corrected chi connectivity index (χ3v) is 5.95. The number of pyridine rings is 1. The lowest BCUT2D eigenvalue weighted by Gasteiger charge is -2.12. The number of H-pyrrole nitrogens is 1. The molecule has 3 aromatic rings. The van der Waals surface area contributed by atoms with E-state index in [1.165, 1.54) is 12.3 Å². The fraction of sp³-hybridized carbons (Fsp3) is 0.389. The van der Waals surface area contributed by atoms with E-state index in [1.807, 2.05) is 0 Å². The number of imidazole rings is 1. The van der Waals surface area contributed by atoms with E-state index in [0.29, 0.717) is 22.9 Å². The van der Waals surface area contributed by atoms with Gasteiger partial charge in [-0.15, -0.1) is 11.3 Å². The summed E-state index contributed by atoms with van der Waals surface area (Å²) in [7, 11) is 0. The summed E-state index contributed by atoms with van der Waals surface area (Å²) in [5.41, 5.74) is 1.27. The monoisotopic (exact) mass is 444 g/mol. The molecule has 4 rings (SSSR count). The van der Waals surface area contributed by atoms with E-state index in [0.717, 1.165) is 21.7 Å². The number of carbonyl (C=O) groups excluding carboxylic acids is 1. The van der Waals surface area contributed by atoms with Gasteiger partial charge in [-0.1, -0.05) is 11.6 Å². The van der Waals surface area contributed by atoms with Crippen LogP contribution < -0.4 is 10.1 Å². The fourth-order valence-corrected chi connectivity index (χ4v) is 4.06. The van der Waals surface area contributed by atoms with Crippen molar-refractivity contribution >= 4 is 40.0 Å². The molecule has 0 radical (unpaired) electrons. The molecule has 0 bridgehead atoms. The number of amides is 1. The molecule has 1 fully saturated rings. The van der Waals surface area contributed by atoms with E-state index in [4.69, 9.17) is 16.3 Å². The van der Waals surface area contributed by atoms with E-state index in [1.54, 1.807) is 19.1 Å². The van der Waals surface area contributed by atoms with E-state index < -0.39 is 12.8 Å². The van der Waals surface area contributed by atoms with Gasteiger partial charge in [-0.2, -0.15) is 13.2 Å². The lowest BCUT2D eigenvalue weighted by atomic mass is 10.2. The molecule has 1 amide bonds. The lowest BCUT2D eigenvalue weighted by molar-refractivity contribution is -0.152. The third kappa shape index (κ3) is 4.64. The van der Waals surface area contributed by atoms with Crippen LogP contribution in [0.15, 0.2) is 24.4 Å². The van der Waals surface area contributed by atoms with Crippen LogP contribution in [0.5, 0.6) is 5.06 Å². The molecule has 0 aliphatic heterocycles. The van der Waals surface area contributed by atoms with Gasteiger partial charge in [0.15, 0.2) is 17.3 Å². The Morgan fingerprint density at radius 1 is 1.48 bits per heavy atom. The Balaban J connectivity index is 1.34. The maximum absolute atomic E-state index is 12.5. The molecule has 3 unspecified atom stereocenters. The smallest absolute Gasteiger partial charge is 0.422 e. The molecule has 3 atom stereocenters. The van der Waals surface area contributed by atoms with E-state index in [2.05, 4.69) is 20.3 Å². The first kappa shape index (κ1) is 20.0. The van der Waals surface area contributed by atoms with Crippen LogP contribution in [0.4, 0.5) is 13.2 Å². The van der Waals surface area contributed by atoms with Crippen molar-refractivity contribution in [2.24, 2.45) is 5.92 Å². The Kier molecular flexibility index (Phi) is 5.16. The van der Waals surface area contributed by atoms with Crippen LogP contribution in [0.1, 0.15) is 36.0 Å². The first-order valence-corrected chi connectivity index (χ1v) is 10.00. The third-order valence-electron chi connectivity index (χ3n) is 4.57. The second kappa shape index (κ2) is 7.49. The molecule has 1 aliphatic rings. The molecule has 0 spiro atoms. The number of aromatic nitrogens is 3. The van der Waals surface area contributed by atoms with Crippen LogP contribution in [-0.2, 0) is 4.79 Å². The van der Waals surface area contributed by atoms with Gasteiger partial charge in [0.05, 0.1) is 16.6 Å². The Labute approximate surface area is 172 Å². The number of aromatic amines is 1. The minimum Gasteiger partial charge on any atom is -0.475 e. The zero-order valence-corrected chi connectivity index (χ0v) is 16.7. The van der Waals surface area contributed by atoms with Gasteiger partial charge in [-0.05, 0) is 31.5 Å². The number of rotatable bonds is 6. The number of alkyl halides is 3. The molecule has 0 saturated heterocycles. The second-order valence-corrected chi connectivity index (χ2v) is 8.40. The van der Waals surface area contributed by atoms with Crippen LogP contribution in [0, 0.1) is 5.92 Å². The van der Waals surface area contributed by atoms with Crippen molar-refractivity contribution in [3.63, 3.8) is 0 Å². The first-order chi connectivity index (χ1) is 13.7. The van der Waals surface area contributed by atoms with Gasteiger partial charge in [0, 0.05) is 22.9 Å². The normalized spacial score (nSPS) is 19.9. The molecule has 29 heavy (non-hydrogen) atoms. The number of ether oxygens (including phenoxy) is 1. The summed E-state index contributed by atoms with van der Waals surface area (Å²) in [4.78, 5) is 25.0. The minimum absolute atomic E-state index is 0.0239. The second-order valence-electron chi connectivity index (χ2n) is 6.89. The van der Waals surface area contributed by atoms with E-state index >= 15 is 0 Å². The van der Waals surface area contributed by atoms with Gasteiger partial charge < -0.3 is 15.0 Å². The van der Waals surface area contributed by atoms with Crippen molar-refractivity contribution in [2.45, 2.75) is 31.5 Å². The molecular formula is C18H16ClF3N4O2S. The topological polar surface area (TPSA) is 79.9 Å². The predicted molar refractivity (Wildman–Crippen MR) is 102 cm³/mol. The van der Waals surface area contributed by atoms with Crippen molar-refractivity contribution in [2.75, 3.05) is 6.61 Å². The number of halogens is 4. The van der Waals surface area contributed by atoms with Crippen molar-refractivity contribution in [1.29, 1.82) is 0 Å². The SMILES string of the molecule is CC(NC(=O)C1CC1c1nc2ncc(Cl)cc2[nH]1)c1ccc(OCC(F)(F)F)s1. The van der Waals surface area contributed by atoms with Gasteiger partial charge in [-0.3, -0.25) is 4.79 Å². The fourth-order valence-electron chi connectivity index (χ4n) is 3.04. The largest absolute Gasteiger partial charge is 0.475 e. The Bertz CT molecular complexity index is 1050. The molecule has 2 N–H and O–H groups in total. The molecule has 154 valence electrons. The Hall–Kier alpha value is -2.33. The number of fused-ring (bicyclic) bond motifs is 1. The summed E-state index contributed by atoms with van der Waals surface area (Å²) >= 11 is 7.00. The Morgan fingerprint density at radius 3 is 3.03 bits per heavy atom. The highest BCUT2D eigenvalue weighted by atomic mass is 35.5. The maximum Gasteiger partial charge on any atom is 0.422 e. The number of nitrogens with zero attached hydrogens (tertiary/aromatic N) is 2. The molecule has 0 aromatic carbocycles. The average Bonchev–Trinajstić information content (AvgIpc) is 3.11. The molecule has 3 heterocycles. The van der Waals surface area contributed by atoms with Crippen molar-refractivity contribution in [1.82, 2.24) is 20.3 Å². The molecule has 1 saturated carbocycles. The minimum atomic E-state index is -4.39. The molecule has 1 aliphatic carbocycles. The molecule has 3 aromatic heterocycles. The van der Waals surface area contributed by atoms with E-state index in [-0.39, 0.29) is 28.8 Å². The van der Waals surface area contributed by atoms with Gasteiger partial charge in [-0.25, -0.2) is 9.97 Å². The summed E-state index contributed by atoms with van der Waals surface area (Å²) in [6.45, 7) is 0.441. The number of carbonyl (C=O) groups is 1. The molecular weight excluding hydrogens is 429 g/mol. The van der Waals surface area contributed by atoms with Crippen LogP contribution >= 0.6 is 22.9 Å².